The highest BCUT2D eigenvalue weighted by molar-refractivity contribution is 7.45. The summed E-state index contributed by atoms with van der Waals surface area (Å²) in [7, 11) is 0.746. The van der Waals surface area contributed by atoms with Crippen LogP contribution in [0.25, 0.3) is 0 Å². The summed E-state index contributed by atoms with van der Waals surface area (Å²) in [6.07, 6.45) is 17.5. The van der Waals surface area contributed by atoms with Gasteiger partial charge >= 0.3 is 0 Å². The Labute approximate surface area is 213 Å². The molecular weight excluding hydrogens is 469 g/mol. The van der Waals surface area contributed by atoms with E-state index in [-0.39, 0.29) is 18.7 Å². The van der Waals surface area contributed by atoms with Crippen molar-refractivity contribution in [2.45, 2.75) is 109 Å². The number of hydrogen-bond donors (Lipinski definition) is 2. The molecule has 0 aromatic carbocycles. The number of aliphatic hydroxyl groups is 2. The van der Waals surface area contributed by atoms with Crippen LogP contribution in [-0.2, 0) is 18.4 Å². The zero-order valence-corrected chi connectivity index (χ0v) is 23.6. The van der Waals surface area contributed by atoms with Gasteiger partial charge in [-0.05, 0) is 32.1 Å². The average molecular weight is 522 g/mol. The van der Waals surface area contributed by atoms with Crippen molar-refractivity contribution in [3.8, 4) is 0 Å². The smallest absolute Gasteiger partial charge is 0.268 e. The maximum absolute atomic E-state index is 12.7. The number of carbonyl (C=O) groups is 1. The first-order chi connectivity index (χ1) is 16.5. The molecule has 0 heterocycles. The zero-order chi connectivity index (χ0) is 26.6. The van der Waals surface area contributed by atoms with Crippen molar-refractivity contribution >= 4 is 13.6 Å². The van der Waals surface area contributed by atoms with E-state index in [1.165, 1.54) is 44.9 Å². The molecule has 0 radical (unpaired) electrons. The van der Waals surface area contributed by atoms with Crippen molar-refractivity contribution in [3.63, 3.8) is 0 Å². The molecule has 0 saturated carbocycles. The molecule has 0 fully saturated rings. The van der Waals surface area contributed by atoms with Gasteiger partial charge in [0, 0.05) is 6.42 Å². The Kier molecular flexibility index (Phi) is 20.1. The molecule has 0 aliphatic carbocycles. The second-order valence-electron chi connectivity index (χ2n) is 10.4. The number of ketones is 1. The Bertz CT molecular complexity index is 607. The second kappa shape index (κ2) is 20.5. The Morgan fingerprint density at radius 2 is 1.46 bits per heavy atom. The Balaban J connectivity index is 4.13. The molecule has 0 saturated heterocycles. The van der Waals surface area contributed by atoms with Crippen molar-refractivity contribution in [2.75, 3.05) is 40.9 Å². The van der Waals surface area contributed by atoms with E-state index in [1.807, 2.05) is 21.1 Å². The molecule has 0 aliphatic rings. The largest absolute Gasteiger partial charge is 0.756 e. The van der Waals surface area contributed by atoms with Crippen LogP contribution < -0.4 is 4.89 Å². The Hall–Kier alpha value is -0.600. The van der Waals surface area contributed by atoms with Crippen molar-refractivity contribution in [1.29, 1.82) is 0 Å². The lowest BCUT2D eigenvalue weighted by Crippen LogP contribution is -2.45. The molecule has 0 spiro atoms. The first-order valence-electron chi connectivity index (χ1n) is 13.4. The van der Waals surface area contributed by atoms with Gasteiger partial charge < -0.3 is 28.6 Å². The fourth-order valence-electron chi connectivity index (χ4n) is 3.64. The molecule has 0 aromatic rings. The van der Waals surface area contributed by atoms with E-state index in [0.717, 1.165) is 32.1 Å². The van der Waals surface area contributed by atoms with E-state index in [2.05, 4.69) is 23.6 Å². The van der Waals surface area contributed by atoms with Crippen molar-refractivity contribution in [1.82, 2.24) is 0 Å². The SMILES string of the molecule is CCCCCCCC/C=C\CCCCCCCC(=O)C(C[N+](C)(C)C)OP(=O)([O-])OC[C@H](O)CO. The van der Waals surface area contributed by atoms with Gasteiger partial charge in [0.25, 0.3) is 7.82 Å². The van der Waals surface area contributed by atoms with Crippen molar-refractivity contribution in [2.24, 2.45) is 0 Å². The summed E-state index contributed by atoms with van der Waals surface area (Å²) in [4.78, 5) is 24.8. The van der Waals surface area contributed by atoms with Gasteiger partial charge in [0.05, 0.1) is 34.4 Å². The molecule has 3 atom stereocenters. The highest BCUT2D eigenvalue weighted by Gasteiger charge is 2.30. The lowest BCUT2D eigenvalue weighted by molar-refractivity contribution is -0.872. The lowest BCUT2D eigenvalue weighted by atomic mass is 10.0. The third-order valence-corrected chi connectivity index (χ3v) is 6.63. The van der Waals surface area contributed by atoms with Crippen molar-refractivity contribution < 1.29 is 38.0 Å². The van der Waals surface area contributed by atoms with Gasteiger partial charge in [-0.3, -0.25) is 9.36 Å². The predicted molar refractivity (Wildman–Crippen MR) is 139 cm³/mol. The minimum absolute atomic E-state index is 0.183. The molecule has 8 nitrogen and oxygen atoms in total. The third kappa shape index (κ3) is 22.3. The number of unbranched alkanes of at least 4 members (excludes halogenated alkanes) is 11. The number of nitrogens with zero attached hydrogens (tertiary/aromatic N) is 1. The number of rotatable bonds is 24. The number of quaternary nitrogens is 1. The Morgan fingerprint density at radius 3 is 1.97 bits per heavy atom. The minimum atomic E-state index is -4.79. The topological polar surface area (TPSA) is 116 Å². The first kappa shape index (κ1) is 34.4. The van der Waals surface area contributed by atoms with Gasteiger partial charge in [0.1, 0.15) is 12.6 Å². The molecule has 35 heavy (non-hydrogen) atoms. The predicted octanol–water partition coefficient (Wildman–Crippen LogP) is 4.52. The van der Waals surface area contributed by atoms with E-state index in [4.69, 9.17) is 9.63 Å². The van der Waals surface area contributed by atoms with Gasteiger partial charge in [-0.1, -0.05) is 70.4 Å². The molecule has 0 aromatic heterocycles. The summed E-state index contributed by atoms with van der Waals surface area (Å²) < 4.78 is 22.1. The number of phosphoric acid groups is 1. The van der Waals surface area contributed by atoms with Gasteiger partial charge in [-0.2, -0.15) is 0 Å². The summed E-state index contributed by atoms with van der Waals surface area (Å²) in [6, 6.07) is 0. The van der Waals surface area contributed by atoms with E-state index in [0.29, 0.717) is 10.9 Å². The molecule has 208 valence electrons. The fourth-order valence-corrected chi connectivity index (χ4v) is 4.55. The highest BCUT2D eigenvalue weighted by Crippen LogP contribution is 2.40. The van der Waals surface area contributed by atoms with Crippen LogP contribution in [-0.4, -0.2) is 73.6 Å². The summed E-state index contributed by atoms with van der Waals surface area (Å²) in [5.74, 6) is -0.266. The van der Waals surface area contributed by atoms with Crippen LogP contribution in [0.15, 0.2) is 12.2 Å². The summed E-state index contributed by atoms with van der Waals surface area (Å²) in [6.45, 7) is 1.18. The second-order valence-corrected chi connectivity index (χ2v) is 11.8. The molecule has 0 amide bonds. The van der Waals surface area contributed by atoms with Crippen LogP contribution in [0.4, 0.5) is 0 Å². The summed E-state index contributed by atoms with van der Waals surface area (Å²) in [5, 5.41) is 18.1. The van der Waals surface area contributed by atoms with Crippen LogP contribution in [0, 0.1) is 0 Å². The fraction of sp³-hybridized carbons (Fsp3) is 0.885. The van der Waals surface area contributed by atoms with E-state index in [9.17, 15) is 19.4 Å². The lowest BCUT2D eigenvalue weighted by Gasteiger charge is -2.32. The van der Waals surface area contributed by atoms with Crippen LogP contribution in [0.2, 0.25) is 0 Å². The number of hydrogen-bond acceptors (Lipinski definition) is 7. The number of carbonyl (C=O) groups excluding carboxylic acids is 1. The number of likely N-dealkylation sites (N-methyl/N-ethyl adjacent to an activating group) is 1. The number of allylic oxidation sites excluding steroid dienone is 2. The molecule has 2 N–H and O–H groups in total. The zero-order valence-electron chi connectivity index (χ0n) is 22.7. The standard InChI is InChI=1S/C26H52NO7P/c1-5-6-7-8-9-10-11-12-13-14-15-16-17-18-19-20-25(30)26(21-27(2,3)4)34-35(31,32)33-23-24(29)22-28/h12-13,24,26,28-29H,5-11,14-23H2,1-4H3/b13-12-/t24-,26?/m1/s1. The van der Waals surface area contributed by atoms with E-state index >= 15 is 0 Å². The monoisotopic (exact) mass is 521 g/mol. The number of phosphoric ester groups is 1. The van der Waals surface area contributed by atoms with Crippen LogP contribution in [0.1, 0.15) is 96.8 Å². The average Bonchev–Trinajstić information content (AvgIpc) is 2.78. The molecule has 0 bridgehead atoms. The van der Waals surface area contributed by atoms with Crippen LogP contribution in [0.5, 0.6) is 0 Å². The molecule has 0 rings (SSSR count). The third-order valence-electron chi connectivity index (χ3n) is 5.65. The quantitative estimate of drug-likeness (QED) is 0.0830. The van der Waals surface area contributed by atoms with Crippen LogP contribution in [0.3, 0.4) is 0 Å². The molecule has 0 aliphatic heterocycles. The van der Waals surface area contributed by atoms with Crippen molar-refractivity contribution in [3.05, 3.63) is 12.2 Å². The molecule has 2 unspecified atom stereocenters. The number of Topliss-reactive ketones (excluding diaryl/α,β-unsaturated/α-hetero) is 1. The number of aliphatic hydroxyl groups excluding tert-OH is 2. The normalized spacial score (nSPS) is 15.9. The van der Waals surface area contributed by atoms with Gasteiger partial charge in [0.2, 0.25) is 0 Å². The van der Waals surface area contributed by atoms with Gasteiger partial charge in [-0.15, -0.1) is 0 Å². The van der Waals surface area contributed by atoms with E-state index < -0.39 is 33.2 Å². The molecule has 9 heteroatoms. The summed E-state index contributed by atoms with van der Waals surface area (Å²) in [5.41, 5.74) is 0. The molecular formula is C26H52NO7P. The van der Waals surface area contributed by atoms with E-state index in [1.54, 1.807) is 0 Å². The minimum Gasteiger partial charge on any atom is -0.756 e. The highest BCUT2D eigenvalue weighted by atomic mass is 31.2. The summed E-state index contributed by atoms with van der Waals surface area (Å²) >= 11 is 0. The van der Waals surface area contributed by atoms with Gasteiger partial charge in [-0.25, -0.2) is 0 Å². The van der Waals surface area contributed by atoms with Gasteiger partial charge in [0.15, 0.2) is 11.9 Å². The first-order valence-corrected chi connectivity index (χ1v) is 14.9. The maximum Gasteiger partial charge on any atom is 0.268 e. The van der Waals surface area contributed by atoms with Crippen LogP contribution >= 0.6 is 7.82 Å². The maximum atomic E-state index is 12.7. The Morgan fingerprint density at radius 1 is 0.943 bits per heavy atom.